The molecule has 2 aliphatic heterocycles. The van der Waals surface area contributed by atoms with Crippen molar-refractivity contribution in [2.75, 3.05) is 19.9 Å². The van der Waals surface area contributed by atoms with Gasteiger partial charge >= 0.3 is 0 Å². The Morgan fingerprint density at radius 1 is 1.37 bits per heavy atom. The van der Waals surface area contributed by atoms with Crippen LogP contribution in [-0.4, -0.2) is 36.7 Å². The zero-order valence-electron chi connectivity index (χ0n) is 11.0. The number of carbonyl (C=O) groups is 1. The molecule has 1 aromatic carbocycles. The molecule has 2 aliphatic rings. The van der Waals surface area contributed by atoms with Gasteiger partial charge in [0.05, 0.1) is 0 Å². The number of amides is 1. The molecular weight excluding hydrogens is 244 g/mol. The van der Waals surface area contributed by atoms with Gasteiger partial charge in [0.25, 0.3) is 0 Å². The van der Waals surface area contributed by atoms with Crippen molar-refractivity contribution in [3.8, 4) is 11.5 Å². The second kappa shape index (κ2) is 4.74. The second-order valence-corrected chi connectivity index (χ2v) is 5.14. The number of hydrogen-bond acceptors (Lipinski definition) is 4. The lowest BCUT2D eigenvalue weighted by atomic mass is 9.86. The Labute approximate surface area is 112 Å². The zero-order valence-corrected chi connectivity index (χ0v) is 11.0. The zero-order chi connectivity index (χ0) is 13.4. The number of nitrogens with zero attached hydrogens (tertiary/aromatic N) is 1. The van der Waals surface area contributed by atoms with Crippen LogP contribution in [0.15, 0.2) is 18.2 Å². The highest BCUT2D eigenvalue weighted by molar-refractivity contribution is 5.73. The van der Waals surface area contributed by atoms with E-state index in [1.54, 1.807) is 6.92 Å². The lowest BCUT2D eigenvalue weighted by Gasteiger charge is -2.36. The molecule has 102 valence electrons. The molecule has 3 rings (SSSR count). The van der Waals surface area contributed by atoms with Gasteiger partial charge in [-0.05, 0) is 24.1 Å². The smallest absolute Gasteiger partial charge is 0.231 e. The van der Waals surface area contributed by atoms with Crippen LogP contribution >= 0.6 is 0 Å². The molecule has 0 aromatic heterocycles. The maximum Gasteiger partial charge on any atom is 0.231 e. The molecule has 0 aliphatic carbocycles. The predicted octanol–water partition coefficient (Wildman–Crippen LogP) is 1.08. The predicted molar refractivity (Wildman–Crippen MR) is 70.2 cm³/mol. The monoisotopic (exact) mass is 262 g/mol. The van der Waals surface area contributed by atoms with E-state index in [2.05, 4.69) is 0 Å². The van der Waals surface area contributed by atoms with E-state index in [9.17, 15) is 4.79 Å². The van der Waals surface area contributed by atoms with E-state index in [1.807, 2.05) is 23.1 Å². The summed E-state index contributed by atoms with van der Waals surface area (Å²) in [5.74, 6) is 1.81. The van der Waals surface area contributed by atoms with Crippen LogP contribution in [0.3, 0.4) is 0 Å². The minimum Gasteiger partial charge on any atom is -0.454 e. The van der Waals surface area contributed by atoms with Crippen LogP contribution in [0.1, 0.15) is 24.8 Å². The maximum atomic E-state index is 11.5. The second-order valence-electron chi connectivity index (χ2n) is 5.14. The van der Waals surface area contributed by atoms with Gasteiger partial charge in [0, 0.05) is 32.0 Å². The van der Waals surface area contributed by atoms with Crippen LogP contribution in [0.4, 0.5) is 0 Å². The fraction of sp³-hybridized carbons (Fsp3) is 0.500. The van der Waals surface area contributed by atoms with Gasteiger partial charge < -0.3 is 20.1 Å². The summed E-state index contributed by atoms with van der Waals surface area (Å²) in [5.41, 5.74) is 7.32. The molecule has 5 nitrogen and oxygen atoms in total. The summed E-state index contributed by atoms with van der Waals surface area (Å²) < 4.78 is 10.7. The lowest BCUT2D eigenvalue weighted by molar-refractivity contribution is -0.130. The molecule has 2 heterocycles. The van der Waals surface area contributed by atoms with Crippen LogP contribution in [0.25, 0.3) is 0 Å². The van der Waals surface area contributed by atoms with Gasteiger partial charge in [-0.3, -0.25) is 4.79 Å². The molecule has 19 heavy (non-hydrogen) atoms. The number of hydrogen-bond donors (Lipinski definition) is 1. The first kappa shape index (κ1) is 12.3. The fourth-order valence-corrected chi connectivity index (χ4v) is 2.75. The highest BCUT2D eigenvalue weighted by Gasteiger charge is 2.30. The molecular formula is C14H18N2O3. The van der Waals surface area contributed by atoms with Gasteiger partial charge in [-0.2, -0.15) is 0 Å². The van der Waals surface area contributed by atoms with E-state index in [-0.39, 0.29) is 24.7 Å². The van der Waals surface area contributed by atoms with E-state index in [4.69, 9.17) is 15.2 Å². The number of fused-ring (bicyclic) bond motifs is 1. The van der Waals surface area contributed by atoms with Crippen molar-refractivity contribution in [2.24, 2.45) is 5.73 Å². The Morgan fingerprint density at radius 3 is 2.95 bits per heavy atom. The van der Waals surface area contributed by atoms with Crippen molar-refractivity contribution in [3.05, 3.63) is 23.8 Å². The number of rotatable bonds is 1. The Morgan fingerprint density at radius 2 is 2.16 bits per heavy atom. The molecule has 0 bridgehead atoms. The minimum absolute atomic E-state index is 0.0796. The Kier molecular flexibility index (Phi) is 3.06. The highest BCUT2D eigenvalue weighted by atomic mass is 16.7. The van der Waals surface area contributed by atoms with Crippen molar-refractivity contribution in [1.82, 2.24) is 4.90 Å². The summed E-state index contributed by atoms with van der Waals surface area (Å²) in [4.78, 5) is 13.4. The topological polar surface area (TPSA) is 64.8 Å². The number of benzene rings is 1. The average molecular weight is 262 g/mol. The normalized spacial score (nSPS) is 25.5. The number of likely N-dealkylation sites (tertiary alicyclic amines) is 1. The number of piperidine rings is 1. The quantitative estimate of drug-likeness (QED) is 0.822. The molecule has 2 atom stereocenters. The van der Waals surface area contributed by atoms with E-state index in [0.717, 1.165) is 30.0 Å². The van der Waals surface area contributed by atoms with Gasteiger partial charge in [-0.25, -0.2) is 0 Å². The van der Waals surface area contributed by atoms with Gasteiger partial charge in [-0.1, -0.05) is 6.07 Å². The van der Waals surface area contributed by atoms with Crippen LogP contribution in [0, 0.1) is 0 Å². The maximum absolute atomic E-state index is 11.5. The third-order valence-corrected chi connectivity index (χ3v) is 3.94. The largest absolute Gasteiger partial charge is 0.454 e. The third kappa shape index (κ3) is 2.26. The van der Waals surface area contributed by atoms with Crippen molar-refractivity contribution in [1.29, 1.82) is 0 Å². The standard InChI is InChI=1S/C14H18N2O3/c1-9(17)16-5-4-12(15)11(7-16)10-2-3-13-14(6-10)19-8-18-13/h2-3,6,11-12H,4-5,7-8,15H2,1H3. The molecule has 1 saturated heterocycles. The molecule has 0 saturated carbocycles. The third-order valence-electron chi connectivity index (χ3n) is 3.94. The summed E-state index contributed by atoms with van der Waals surface area (Å²) in [5, 5.41) is 0. The van der Waals surface area contributed by atoms with Crippen LogP contribution in [-0.2, 0) is 4.79 Å². The highest BCUT2D eigenvalue weighted by Crippen LogP contribution is 2.36. The molecule has 5 heteroatoms. The Bertz CT molecular complexity index is 503. The van der Waals surface area contributed by atoms with Gasteiger partial charge in [0.15, 0.2) is 11.5 Å². The molecule has 0 radical (unpaired) electrons. The Hall–Kier alpha value is -1.75. The Balaban J connectivity index is 1.85. The van der Waals surface area contributed by atoms with Crippen molar-refractivity contribution < 1.29 is 14.3 Å². The van der Waals surface area contributed by atoms with E-state index in [1.165, 1.54) is 0 Å². The first-order valence-corrected chi connectivity index (χ1v) is 6.56. The summed E-state index contributed by atoms with van der Waals surface area (Å²) in [6, 6.07) is 5.99. The first-order valence-electron chi connectivity index (χ1n) is 6.56. The SMILES string of the molecule is CC(=O)N1CCC(N)C(c2ccc3c(c2)OCO3)C1. The summed E-state index contributed by atoms with van der Waals surface area (Å²) in [6.45, 7) is 3.30. The van der Waals surface area contributed by atoms with Gasteiger partial charge in [-0.15, -0.1) is 0 Å². The fourth-order valence-electron chi connectivity index (χ4n) is 2.75. The molecule has 1 amide bonds. The van der Waals surface area contributed by atoms with Crippen molar-refractivity contribution in [2.45, 2.75) is 25.3 Å². The summed E-state index contributed by atoms with van der Waals surface area (Å²) in [7, 11) is 0. The molecule has 0 spiro atoms. The average Bonchev–Trinajstić information content (AvgIpc) is 2.86. The number of carbonyl (C=O) groups excluding carboxylic acids is 1. The molecule has 1 aromatic rings. The first-order chi connectivity index (χ1) is 9.15. The van der Waals surface area contributed by atoms with Crippen LogP contribution < -0.4 is 15.2 Å². The minimum atomic E-state index is 0.0796. The van der Waals surface area contributed by atoms with Crippen molar-refractivity contribution >= 4 is 5.91 Å². The van der Waals surface area contributed by atoms with E-state index < -0.39 is 0 Å². The van der Waals surface area contributed by atoms with E-state index >= 15 is 0 Å². The van der Waals surface area contributed by atoms with Crippen molar-refractivity contribution in [3.63, 3.8) is 0 Å². The number of nitrogens with two attached hydrogens (primary N) is 1. The molecule has 2 N–H and O–H groups in total. The van der Waals surface area contributed by atoms with Gasteiger partial charge in [0.1, 0.15) is 0 Å². The van der Waals surface area contributed by atoms with Crippen LogP contribution in [0.2, 0.25) is 0 Å². The molecule has 1 fully saturated rings. The summed E-state index contributed by atoms with van der Waals surface area (Å²) >= 11 is 0. The van der Waals surface area contributed by atoms with Gasteiger partial charge in [0.2, 0.25) is 12.7 Å². The van der Waals surface area contributed by atoms with Crippen LogP contribution in [0.5, 0.6) is 11.5 Å². The number of ether oxygens (including phenoxy) is 2. The van der Waals surface area contributed by atoms with E-state index in [0.29, 0.717) is 6.54 Å². The molecule has 2 unspecified atom stereocenters. The summed E-state index contributed by atoms with van der Waals surface area (Å²) in [6.07, 6.45) is 0.832. The lowest BCUT2D eigenvalue weighted by Crippen LogP contribution is -2.47.